The highest BCUT2D eigenvalue weighted by molar-refractivity contribution is 5.47. The van der Waals surface area contributed by atoms with E-state index < -0.39 is 17.5 Å². The molecule has 0 radical (unpaired) electrons. The number of nitrogens with one attached hydrogen (secondary N) is 1. The maximum absolute atomic E-state index is 13.3. The third kappa shape index (κ3) is 3.04. The second-order valence-corrected chi connectivity index (χ2v) is 5.62. The van der Waals surface area contributed by atoms with Gasteiger partial charge in [0.15, 0.2) is 17.5 Å². The number of halogens is 3. The van der Waals surface area contributed by atoms with Gasteiger partial charge in [-0.25, -0.2) is 13.2 Å². The zero-order chi connectivity index (χ0) is 15.0. The van der Waals surface area contributed by atoms with Crippen LogP contribution < -0.4 is 5.32 Å². The molecule has 1 aliphatic carbocycles. The molecule has 0 bridgehead atoms. The molecule has 1 unspecified atom stereocenters. The van der Waals surface area contributed by atoms with E-state index >= 15 is 0 Å². The normalized spacial score (nSPS) is 15.8. The molecule has 0 saturated heterocycles. The lowest BCUT2D eigenvalue weighted by molar-refractivity contribution is 0.447. The molecule has 1 N–H and O–H groups in total. The van der Waals surface area contributed by atoms with Gasteiger partial charge in [-0.15, -0.1) is 0 Å². The maximum Gasteiger partial charge on any atom is 0.194 e. The lowest BCUT2D eigenvalue weighted by Gasteiger charge is -2.20. The Balaban J connectivity index is 1.87. The molecular weight excluding hydrogens is 275 g/mol. The van der Waals surface area contributed by atoms with E-state index in [1.165, 1.54) is 0 Å². The summed E-state index contributed by atoms with van der Waals surface area (Å²) in [4.78, 5) is 0. The van der Waals surface area contributed by atoms with Crippen LogP contribution in [-0.4, -0.2) is 0 Å². The lowest BCUT2D eigenvalue weighted by Crippen LogP contribution is -2.13. The van der Waals surface area contributed by atoms with Crippen LogP contribution in [0.15, 0.2) is 36.4 Å². The zero-order valence-corrected chi connectivity index (χ0v) is 11.7. The Morgan fingerprint density at radius 3 is 2.10 bits per heavy atom. The summed E-state index contributed by atoms with van der Waals surface area (Å²) in [5, 5.41) is 3.14. The topological polar surface area (TPSA) is 12.0 Å². The van der Waals surface area contributed by atoms with Crippen LogP contribution in [0.4, 0.5) is 18.9 Å². The van der Waals surface area contributed by atoms with Gasteiger partial charge in [0.05, 0.1) is 6.04 Å². The first-order chi connectivity index (χ1) is 10.0. The molecule has 2 aromatic carbocycles. The van der Waals surface area contributed by atoms with Crippen LogP contribution in [0.2, 0.25) is 0 Å². The molecule has 4 heteroatoms. The van der Waals surface area contributed by atoms with E-state index in [9.17, 15) is 13.2 Å². The van der Waals surface area contributed by atoms with Gasteiger partial charge in [0.1, 0.15) is 0 Å². The Morgan fingerprint density at radius 1 is 1.00 bits per heavy atom. The van der Waals surface area contributed by atoms with E-state index in [0.717, 1.165) is 36.1 Å². The third-order valence-corrected chi connectivity index (χ3v) is 3.84. The third-order valence-electron chi connectivity index (χ3n) is 3.84. The van der Waals surface area contributed by atoms with E-state index in [1.54, 1.807) is 0 Å². The number of hydrogen-bond donors (Lipinski definition) is 1. The van der Waals surface area contributed by atoms with E-state index in [2.05, 4.69) is 5.32 Å². The van der Waals surface area contributed by atoms with Crippen molar-refractivity contribution in [2.45, 2.75) is 25.8 Å². The molecule has 0 aromatic heterocycles. The Labute approximate surface area is 121 Å². The van der Waals surface area contributed by atoms with Gasteiger partial charge in [-0.05, 0) is 31.2 Å². The average Bonchev–Trinajstić information content (AvgIpc) is 3.28. The minimum Gasteiger partial charge on any atom is -0.378 e. The number of aryl methyl sites for hydroxylation is 1. The van der Waals surface area contributed by atoms with Gasteiger partial charge in [-0.2, -0.15) is 0 Å². The highest BCUT2D eigenvalue weighted by Crippen LogP contribution is 2.43. The molecule has 1 atom stereocenters. The van der Waals surface area contributed by atoms with Crippen molar-refractivity contribution in [1.82, 2.24) is 0 Å². The van der Waals surface area contributed by atoms with Gasteiger partial charge < -0.3 is 5.32 Å². The molecule has 21 heavy (non-hydrogen) atoms. The molecule has 3 rings (SSSR count). The van der Waals surface area contributed by atoms with E-state index in [4.69, 9.17) is 0 Å². The van der Waals surface area contributed by atoms with Crippen molar-refractivity contribution < 1.29 is 13.2 Å². The quantitative estimate of drug-likeness (QED) is 0.784. The van der Waals surface area contributed by atoms with Crippen LogP contribution in [0.3, 0.4) is 0 Å². The Hall–Kier alpha value is -1.97. The standard InChI is InChI=1S/C17H16F3N/c1-10-2-4-11(5-3-10)17(12-6-7-12)21-13-8-14(18)16(20)15(19)9-13/h2-5,8-9,12,17,21H,6-7H2,1H3. The molecule has 0 heterocycles. The van der Waals surface area contributed by atoms with E-state index in [-0.39, 0.29) is 11.7 Å². The monoisotopic (exact) mass is 291 g/mol. The molecule has 0 spiro atoms. The van der Waals surface area contributed by atoms with Crippen LogP contribution in [0, 0.1) is 30.3 Å². The van der Waals surface area contributed by atoms with Crippen molar-refractivity contribution in [3.05, 3.63) is 65.0 Å². The van der Waals surface area contributed by atoms with Crippen LogP contribution in [-0.2, 0) is 0 Å². The van der Waals surface area contributed by atoms with Gasteiger partial charge in [-0.3, -0.25) is 0 Å². The van der Waals surface area contributed by atoms with Crippen LogP contribution in [0.1, 0.15) is 30.0 Å². The van der Waals surface area contributed by atoms with Gasteiger partial charge >= 0.3 is 0 Å². The first kappa shape index (κ1) is 14.0. The van der Waals surface area contributed by atoms with Crippen LogP contribution in [0.25, 0.3) is 0 Å². The zero-order valence-electron chi connectivity index (χ0n) is 11.7. The number of hydrogen-bond acceptors (Lipinski definition) is 1. The number of anilines is 1. The molecule has 2 aromatic rings. The van der Waals surface area contributed by atoms with Crippen molar-refractivity contribution in [3.63, 3.8) is 0 Å². The van der Waals surface area contributed by atoms with Crippen molar-refractivity contribution >= 4 is 5.69 Å². The average molecular weight is 291 g/mol. The summed E-state index contributed by atoms with van der Waals surface area (Å²) in [6.45, 7) is 2.01. The lowest BCUT2D eigenvalue weighted by atomic mass is 10.0. The first-order valence-electron chi connectivity index (χ1n) is 7.02. The van der Waals surface area contributed by atoms with Gasteiger partial charge in [0.2, 0.25) is 0 Å². The molecule has 1 fully saturated rings. The SMILES string of the molecule is Cc1ccc(C(Nc2cc(F)c(F)c(F)c2)C2CC2)cc1. The molecule has 110 valence electrons. The highest BCUT2D eigenvalue weighted by Gasteiger charge is 2.32. The summed E-state index contributed by atoms with van der Waals surface area (Å²) < 4.78 is 39.6. The van der Waals surface area contributed by atoms with E-state index in [0.29, 0.717) is 5.92 Å². The number of rotatable bonds is 4. The molecule has 0 amide bonds. The second-order valence-electron chi connectivity index (χ2n) is 5.62. The largest absolute Gasteiger partial charge is 0.378 e. The van der Waals surface area contributed by atoms with Gasteiger partial charge in [0.25, 0.3) is 0 Å². The summed E-state index contributed by atoms with van der Waals surface area (Å²) in [5.74, 6) is -3.32. The van der Waals surface area contributed by atoms with Crippen molar-refractivity contribution in [1.29, 1.82) is 0 Å². The highest BCUT2D eigenvalue weighted by atomic mass is 19.2. The fourth-order valence-electron chi connectivity index (χ4n) is 2.50. The minimum atomic E-state index is -1.43. The summed E-state index contributed by atoms with van der Waals surface area (Å²) in [5.41, 5.74) is 2.50. The molecule has 1 nitrogen and oxygen atoms in total. The van der Waals surface area contributed by atoms with Crippen molar-refractivity contribution in [2.75, 3.05) is 5.32 Å². The summed E-state index contributed by atoms with van der Waals surface area (Å²) >= 11 is 0. The predicted molar refractivity (Wildman–Crippen MR) is 76.6 cm³/mol. The van der Waals surface area contributed by atoms with Crippen molar-refractivity contribution in [3.8, 4) is 0 Å². The second kappa shape index (κ2) is 5.43. The van der Waals surface area contributed by atoms with Gasteiger partial charge in [-0.1, -0.05) is 29.8 Å². The minimum absolute atomic E-state index is 0.00476. The molecular formula is C17H16F3N. The maximum atomic E-state index is 13.3. The molecule has 0 aliphatic heterocycles. The fraction of sp³-hybridized carbons (Fsp3) is 0.294. The summed E-state index contributed by atoms with van der Waals surface area (Å²) in [7, 11) is 0. The Kier molecular flexibility index (Phi) is 3.62. The van der Waals surface area contributed by atoms with E-state index in [1.807, 2.05) is 31.2 Å². The summed E-state index contributed by atoms with van der Waals surface area (Å²) in [6.07, 6.45) is 2.16. The van der Waals surface area contributed by atoms with Crippen LogP contribution in [0.5, 0.6) is 0 Å². The first-order valence-corrected chi connectivity index (χ1v) is 7.02. The molecule has 1 saturated carbocycles. The van der Waals surface area contributed by atoms with Gasteiger partial charge in [0, 0.05) is 17.8 Å². The Morgan fingerprint density at radius 2 is 1.57 bits per heavy atom. The fourth-order valence-corrected chi connectivity index (χ4v) is 2.50. The van der Waals surface area contributed by atoms with Crippen LogP contribution >= 0.6 is 0 Å². The smallest absolute Gasteiger partial charge is 0.194 e. The summed E-state index contributed by atoms with van der Waals surface area (Å²) in [6, 6.07) is 10.1. The number of benzene rings is 2. The Bertz CT molecular complexity index is 625. The predicted octanol–water partition coefficient (Wildman–Crippen LogP) is 4.98. The van der Waals surface area contributed by atoms with Crippen molar-refractivity contribution in [2.24, 2.45) is 5.92 Å². The molecule has 1 aliphatic rings.